The van der Waals surface area contributed by atoms with Gasteiger partial charge in [0.05, 0.1) is 0 Å². The van der Waals surface area contributed by atoms with Crippen molar-refractivity contribution in [1.29, 1.82) is 0 Å². The highest BCUT2D eigenvalue weighted by atomic mass is 16.2. The van der Waals surface area contributed by atoms with Gasteiger partial charge in [0.1, 0.15) is 0 Å². The number of nitrogens with zero attached hydrogens (tertiary/aromatic N) is 2. The molecule has 2 amide bonds. The minimum Gasteiger partial charge on any atom is -0.273 e. The van der Waals surface area contributed by atoms with Crippen LogP contribution in [0.25, 0.3) is 12.2 Å². The normalized spacial score (nSPS) is 11.6. The van der Waals surface area contributed by atoms with E-state index in [-0.39, 0.29) is 11.8 Å². The van der Waals surface area contributed by atoms with E-state index in [0.29, 0.717) is 12.8 Å². The van der Waals surface area contributed by atoms with Crippen LogP contribution in [0.4, 0.5) is 0 Å². The van der Waals surface area contributed by atoms with Crippen molar-refractivity contribution in [1.82, 2.24) is 10.9 Å². The molecular weight excluding hydrogens is 412 g/mol. The lowest BCUT2D eigenvalue weighted by Crippen LogP contribution is -2.16. The van der Waals surface area contributed by atoms with Gasteiger partial charge < -0.3 is 0 Å². The highest BCUT2D eigenvalue weighted by Gasteiger charge is 2.01. The molecule has 2 aromatic rings. The van der Waals surface area contributed by atoms with E-state index in [4.69, 9.17) is 0 Å². The van der Waals surface area contributed by atoms with E-state index in [1.165, 1.54) is 0 Å². The predicted molar refractivity (Wildman–Crippen MR) is 137 cm³/mol. The minimum absolute atomic E-state index is 0.0853. The van der Waals surface area contributed by atoms with E-state index >= 15 is 0 Å². The molecule has 172 valence electrons. The number of hydrogen-bond donors (Lipinski definition) is 2. The summed E-state index contributed by atoms with van der Waals surface area (Å²) in [6, 6.07) is 19.8. The third kappa shape index (κ3) is 13.3. The molecule has 6 heteroatoms. The third-order valence-electron chi connectivity index (χ3n) is 4.68. The summed E-state index contributed by atoms with van der Waals surface area (Å²) < 4.78 is 0. The van der Waals surface area contributed by atoms with E-state index in [1.807, 2.05) is 72.8 Å². The molecule has 0 fully saturated rings. The van der Waals surface area contributed by atoms with Crippen LogP contribution in [0.1, 0.15) is 56.1 Å². The molecule has 0 saturated heterocycles. The highest BCUT2D eigenvalue weighted by molar-refractivity contribution is 5.82. The number of unbranched alkanes of at least 4 members (excludes halogenated alkanes) is 4. The van der Waals surface area contributed by atoms with E-state index in [1.54, 1.807) is 24.6 Å². The van der Waals surface area contributed by atoms with Crippen molar-refractivity contribution in [2.24, 2.45) is 10.2 Å². The standard InChI is InChI=1S/C27H32N4O2/c32-26(30-28-22-12-18-24-14-6-4-7-15-24)20-10-2-1-3-11-21-27(33)31-29-23-13-19-25-16-8-5-9-17-25/h4-9,12-19,22-23H,1-3,10-11,20-21H2,(H,30,32)(H,31,33)/b18-12+,19-13+,28-22+,29-23+. The topological polar surface area (TPSA) is 82.9 Å². The average molecular weight is 445 g/mol. The Morgan fingerprint density at radius 2 is 1.00 bits per heavy atom. The Kier molecular flexibility index (Phi) is 13.0. The van der Waals surface area contributed by atoms with E-state index < -0.39 is 0 Å². The maximum Gasteiger partial charge on any atom is 0.240 e. The van der Waals surface area contributed by atoms with Gasteiger partial charge in [0.2, 0.25) is 11.8 Å². The Morgan fingerprint density at radius 3 is 1.42 bits per heavy atom. The summed E-state index contributed by atoms with van der Waals surface area (Å²) >= 11 is 0. The summed E-state index contributed by atoms with van der Waals surface area (Å²) in [4.78, 5) is 23.5. The Labute approximate surface area is 196 Å². The number of carbonyl (C=O) groups is 2. The van der Waals surface area contributed by atoms with E-state index in [0.717, 1.165) is 43.2 Å². The lowest BCUT2D eigenvalue weighted by atomic mass is 10.1. The number of amides is 2. The van der Waals surface area contributed by atoms with Crippen LogP contribution in [-0.4, -0.2) is 24.2 Å². The van der Waals surface area contributed by atoms with Crippen molar-refractivity contribution >= 4 is 36.4 Å². The maximum absolute atomic E-state index is 11.8. The molecule has 0 radical (unpaired) electrons. The number of hydrogen-bond acceptors (Lipinski definition) is 4. The fraction of sp³-hybridized carbons (Fsp3) is 0.259. The summed E-state index contributed by atoms with van der Waals surface area (Å²) in [5.41, 5.74) is 7.22. The Balaban J connectivity index is 1.42. The smallest absolute Gasteiger partial charge is 0.240 e. The Bertz CT molecular complexity index is 858. The van der Waals surface area contributed by atoms with Gasteiger partial charge in [0, 0.05) is 25.3 Å². The lowest BCUT2D eigenvalue weighted by molar-refractivity contribution is -0.121. The molecule has 0 saturated carbocycles. The van der Waals surface area contributed by atoms with Crippen LogP contribution in [0.3, 0.4) is 0 Å². The molecule has 0 unspecified atom stereocenters. The maximum atomic E-state index is 11.8. The second-order valence-corrected chi connectivity index (χ2v) is 7.43. The van der Waals surface area contributed by atoms with Crippen LogP contribution in [0.2, 0.25) is 0 Å². The van der Waals surface area contributed by atoms with Gasteiger partial charge in [-0.25, -0.2) is 10.9 Å². The molecular formula is C27H32N4O2. The first-order chi connectivity index (χ1) is 16.2. The number of hydrazone groups is 2. The van der Waals surface area contributed by atoms with Gasteiger partial charge >= 0.3 is 0 Å². The molecule has 0 spiro atoms. The molecule has 33 heavy (non-hydrogen) atoms. The van der Waals surface area contributed by atoms with Gasteiger partial charge in [-0.2, -0.15) is 10.2 Å². The Hall–Kier alpha value is -3.80. The summed E-state index contributed by atoms with van der Waals surface area (Å²) in [7, 11) is 0. The van der Waals surface area contributed by atoms with Crippen molar-refractivity contribution in [3.05, 3.63) is 83.9 Å². The van der Waals surface area contributed by atoms with Crippen molar-refractivity contribution in [3.8, 4) is 0 Å². The zero-order valence-corrected chi connectivity index (χ0v) is 18.9. The zero-order valence-electron chi connectivity index (χ0n) is 18.9. The molecule has 2 N–H and O–H groups in total. The molecule has 0 aromatic heterocycles. The quantitative estimate of drug-likeness (QED) is 0.234. The third-order valence-corrected chi connectivity index (χ3v) is 4.68. The monoisotopic (exact) mass is 444 g/mol. The average Bonchev–Trinajstić information content (AvgIpc) is 2.84. The summed E-state index contributed by atoms with van der Waals surface area (Å²) in [6.07, 6.45) is 16.0. The fourth-order valence-electron chi connectivity index (χ4n) is 2.95. The molecule has 0 aliphatic carbocycles. The first-order valence-electron chi connectivity index (χ1n) is 11.3. The van der Waals surface area contributed by atoms with Gasteiger partial charge in [-0.3, -0.25) is 9.59 Å². The zero-order chi connectivity index (χ0) is 23.4. The number of benzene rings is 2. The van der Waals surface area contributed by atoms with Crippen LogP contribution in [0.5, 0.6) is 0 Å². The first kappa shape index (κ1) is 25.5. The molecule has 6 nitrogen and oxygen atoms in total. The van der Waals surface area contributed by atoms with Crippen LogP contribution >= 0.6 is 0 Å². The van der Waals surface area contributed by atoms with Crippen molar-refractivity contribution in [2.75, 3.05) is 0 Å². The molecule has 0 atom stereocenters. The molecule has 2 aromatic carbocycles. The number of rotatable bonds is 14. The second-order valence-electron chi connectivity index (χ2n) is 7.43. The minimum atomic E-state index is -0.0853. The molecule has 0 heterocycles. The summed E-state index contributed by atoms with van der Waals surface area (Å²) in [5.74, 6) is -0.171. The van der Waals surface area contributed by atoms with Crippen LogP contribution in [0.15, 0.2) is 83.0 Å². The van der Waals surface area contributed by atoms with Gasteiger partial charge in [-0.05, 0) is 36.1 Å². The molecule has 0 bridgehead atoms. The van der Waals surface area contributed by atoms with Crippen molar-refractivity contribution < 1.29 is 9.59 Å². The van der Waals surface area contributed by atoms with Crippen LogP contribution in [0, 0.1) is 0 Å². The SMILES string of the molecule is O=C(CCCCCCCC(=O)N/N=C/C=C/c1ccccc1)N/N=C/C=C/c1ccccc1. The second kappa shape index (κ2) is 16.8. The van der Waals surface area contributed by atoms with E-state index in [9.17, 15) is 9.59 Å². The predicted octanol–water partition coefficient (Wildman–Crippen LogP) is 5.35. The van der Waals surface area contributed by atoms with Crippen LogP contribution < -0.4 is 10.9 Å². The summed E-state index contributed by atoms with van der Waals surface area (Å²) in [5, 5.41) is 7.83. The number of nitrogens with one attached hydrogen (secondary N) is 2. The largest absolute Gasteiger partial charge is 0.273 e. The fourth-order valence-corrected chi connectivity index (χ4v) is 2.95. The molecule has 0 aliphatic heterocycles. The first-order valence-corrected chi connectivity index (χ1v) is 11.3. The Morgan fingerprint density at radius 1 is 0.606 bits per heavy atom. The van der Waals surface area contributed by atoms with Gasteiger partial charge in [0.25, 0.3) is 0 Å². The highest BCUT2D eigenvalue weighted by Crippen LogP contribution is 2.07. The van der Waals surface area contributed by atoms with Gasteiger partial charge in [-0.1, -0.05) is 92.1 Å². The lowest BCUT2D eigenvalue weighted by Gasteiger charge is -2.02. The number of allylic oxidation sites excluding steroid dienone is 2. The number of carbonyl (C=O) groups excluding carboxylic acids is 2. The van der Waals surface area contributed by atoms with Gasteiger partial charge in [0.15, 0.2) is 0 Å². The van der Waals surface area contributed by atoms with Crippen LogP contribution in [-0.2, 0) is 9.59 Å². The summed E-state index contributed by atoms with van der Waals surface area (Å²) in [6.45, 7) is 0. The molecule has 2 rings (SSSR count). The molecule has 0 aliphatic rings. The van der Waals surface area contributed by atoms with Crippen molar-refractivity contribution in [2.45, 2.75) is 44.9 Å². The van der Waals surface area contributed by atoms with Crippen molar-refractivity contribution in [3.63, 3.8) is 0 Å². The van der Waals surface area contributed by atoms with Gasteiger partial charge in [-0.15, -0.1) is 0 Å². The van der Waals surface area contributed by atoms with E-state index in [2.05, 4.69) is 21.1 Å².